The third kappa shape index (κ3) is 6.23. The van der Waals surface area contributed by atoms with Crippen molar-refractivity contribution < 1.29 is 23.0 Å². The first-order chi connectivity index (χ1) is 11.8. The maximum atomic E-state index is 12.5. The summed E-state index contributed by atoms with van der Waals surface area (Å²) in [4.78, 5) is 1.81. The molecule has 0 spiro atoms. The molecular weight excluding hydrogens is 355 g/mol. The Hall–Kier alpha value is -1.76. The average molecular weight is 374 g/mol. The molecule has 1 atom stereocenters. The van der Waals surface area contributed by atoms with Crippen LogP contribution in [0.25, 0.3) is 0 Å². The second-order valence-corrected chi connectivity index (χ2v) is 6.19. The van der Waals surface area contributed by atoms with Gasteiger partial charge >= 0.3 is 6.18 Å². The monoisotopic (exact) mass is 373 g/mol. The fourth-order valence-corrected chi connectivity index (χ4v) is 2.53. The fourth-order valence-electron chi connectivity index (χ4n) is 2.34. The summed E-state index contributed by atoms with van der Waals surface area (Å²) in [5, 5.41) is 10.5. The van der Waals surface area contributed by atoms with E-state index in [1.165, 1.54) is 12.1 Å². The molecule has 0 radical (unpaired) electrons. The van der Waals surface area contributed by atoms with Gasteiger partial charge in [-0.2, -0.15) is 13.2 Å². The van der Waals surface area contributed by atoms with E-state index in [0.29, 0.717) is 23.9 Å². The molecule has 0 fully saturated rings. The number of halogens is 4. The van der Waals surface area contributed by atoms with Crippen LogP contribution in [0.3, 0.4) is 0 Å². The Morgan fingerprint density at radius 1 is 1.12 bits per heavy atom. The Morgan fingerprint density at radius 3 is 2.36 bits per heavy atom. The number of likely N-dealkylation sites (N-methyl/N-ethyl adjacent to an activating group) is 1. The van der Waals surface area contributed by atoms with Gasteiger partial charge in [-0.1, -0.05) is 35.9 Å². The summed E-state index contributed by atoms with van der Waals surface area (Å²) in [6, 6.07) is 12.0. The molecule has 0 aliphatic rings. The van der Waals surface area contributed by atoms with E-state index in [2.05, 4.69) is 0 Å². The van der Waals surface area contributed by atoms with E-state index < -0.39 is 17.8 Å². The first kappa shape index (κ1) is 19.6. The number of ether oxygens (including phenoxy) is 1. The molecule has 0 aromatic heterocycles. The van der Waals surface area contributed by atoms with Crippen LogP contribution in [0.1, 0.15) is 11.1 Å². The van der Waals surface area contributed by atoms with Gasteiger partial charge in [0.05, 0.1) is 10.6 Å². The lowest BCUT2D eigenvalue weighted by Gasteiger charge is -2.21. The Morgan fingerprint density at radius 2 is 1.76 bits per heavy atom. The number of benzene rings is 2. The number of hydrogen-bond donors (Lipinski definition) is 1. The smallest absolute Gasteiger partial charge is 0.416 e. The highest BCUT2D eigenvalue weighted by Crippen LogP contribution is 2.29. The van der Waals surface area contributed by atoms with Gasteiger partial charge in [0.15, 0.2) is 0 Å². The van der Waals surface area contributed by atoms with Crippen molar-refractivity contribution in [2.24, 2.45) is 0 Å². The molecule has 0 amide bonds. The van der Waals surface area contributed by atoms with E-state index in [1.54, 1.807) is 31.3 Å². The van der Waals surface area contributed by atoms with Gasteiger partial charge in [-0.15, -0.1) is 0 Å². The first-order valence-electron chi connectivity index (χ1n) is 7.66. The molecule has 7 heteroatoms. The van der Waals surface area contributed by atoms with Gasteiger partial charge in [-0.3, -0.25) is 4.90 Å². The van der Waals surface area contributed by atoms with Crippen molar-refractivity contribution in [3.8, 4) is 5.75 Å². The maximum Gasteiger partial charge on any atom is 0.416 e. The Kier molecular flexibility index (Phi) is 6.70. The van der Waals surface area contributed by atoms with Gasteiger partial charge in [-0.05, 0) is 36.9 Å². The van der Waals surface area contributed by atoms with Crippen LogP contribution in [0, 0.1) is 0 Å². The second kappa shape index (κ2) is 8.56. The molecule has 1 N–H and O–H groups in total. The number of alkyl halides is 3. The Labute approximate surface area is 149 Å². The highest BCUT2D eigenvalue weighted by Gasteiger charge is 2.29. The third-order valence-corrected chi connectivity index (χ3v) is 3.84. The lowest BCUT2D eigenvalue weighted by atomic mass is 10.1. The Bertz CT molecular complexity index is 677. The van der Waals surface area contributed by atoms with Crippen LogP contribution < -0.4 is 4.74 Å². The minimum atomic E-state index is -4.34. The van der Waals surface area contributed by atoms with Crippen molar-refractivity contribution in [3.63, 3.8) is 0 Å². The number of aliphatic hydroxyl groups is 1. The molecule has 0 saturated carbocycles. The van der Waals surface area contributed by atoms with E-state index in [9.17, 15) is 18.3 Å². The predicted molar refractivity (Wildman–Crippen MR) is 90.7 cm³/mol. The van der Waals surface area contributed by atoms with E-state index in [0.717, 1.165) is 17.7 Å². The van der Waals surface area contributed by atoms with E-state index >= 15 is 0 Å². The van der Waals surface area contributed by atoms with Crippen molar-refractivity contribution >= 4 is 11.6 Å². The summed E-state index contributed by atoms with van der Waals surface area (Å²) in [7, 11) is 1.77. The minimum absolute atomic E-state index is 0.0705. The lowest BCUT2D eigenvalue weighted by Crippen LogP contribution is -2.32. The summed E-state index contributed by atoms with van der Waals surface area (Å²) in [6.45, 7) is 0.799. The molecule has 0 aliphatic heterocycles. The maximum absolute atomic E-state index is 12.5. The molecule has 1 unspecified atom stereocenters. The van der Waals surface area contributed by atoms with Crippen LogP contribution in [0.15, 0.2) is 48.5 Å². The first-order valence-corrected chi connectivity index (χ1v) is 8.03. The predicted octanol–water partition coefficient (Wildman–Crippen LogP) is 4.23. The van der Waals surface area contributed by atoms with Crippen LogP contribution in [-0.4, -0.2) is 36.3 Å². The average Bonchev–Trinajstić information content (AvgIpc) is 2.53. The number of hydrogen-bond acceptors (Lipinski definition) is 3. The summed E-state index contributed by atoms with van der Waals surface area (Å²) >= 11 is 5.97. The molecule has 2 rings (SSSR count). The van der Waals surface area contributed by atoms with Gasteiger partial charge in [-0.25, -0.2) is 0 Å². The van der Waals surface area contributed by atoms with Gasteiger partial charge in [0.2, 0.25) is 0 Å². The zero-order chi connectivity index (χ0) is 18.4. The Balaban J connectivity index is 1.81. The number of nitrogens with zero attached hydrogens (tertiary/aromatic N) is 1. The van der Waals surface area contributed by atoms with E-state index in [1.807, 2.05) is 4.90 Å². The van der Waals surface area contributed by atoms with Crippen molar-refractivity contribution in [2.75, 3.05) is 20.2 Å². The van der Waals surface area contributed by atoms with Crippen molar-refractivity contribution in [3.05, 3.63) is 64.7 Å². The molecule has 2 aromatic rings. The van der Waals surface area contributed by atoms with Crippen LogP contribution in [0.4, 0.5) is 13.2 Å². The summed E-state index contributed by atoms with van der Waals surface area (Å²) in [5.41, 5.74) is 0.0572. The standard InChI is InChI=1S/C18H19ClF3NO2/c1-23(10-13-6-8-14(9-7-13)18(20,21)22)11-15(24)12-25-17-5-3-2-4-16(17)19/h2-9,15,24H,10-12H2,1H3. The molecule has 0 aliphatic carbocycles. The summed E-state index contributed by atoms with van der Waals surface area (Å²) < 4.78 is 43.1. The highest BCUT2D eigenvalue weighted by molar-refractivity contribution is 6.32. The molecule has 136 valence electrons. The van der Waals surface area contributed by atoms with Crippen LogP contribution in [0.5, 0.6) is 5.75 Å². The second-order valence-electron chi connectivity index (χ2n) is 5.79. The van der Waals surface area contributed by atoms with Crippen LogP contribution in [0.2, 0.25) is 5.02 Å². The largest absolute Gasteiger partial charge is 0.489 e. The van der Waals surface area contributed by atoms with Gasteiger partial charge in [0, 0.05) is 13.1 Å². The number of para-hydroxylation sites is 1. The molecule has 0 bridgehead atoms. The van der Waals surface area contributed by atoms with Crippen molar-refractivity contribution in [2.45, 2.75) is 18.8 Å². The van der Waals surface area contributed by atoms with Crippen LogP contribution in [-0.2, 0) is 12.7 Å². The quantitative estimate of drug-likeness (QED) is 0.788. The number of rotatable bonds is 7. The summed E-state index contributed by atoms with van der Waals surface area (Å²) in [6.07, 6.45) is -5.09. The third-order valence-electron chi connectivity index (χ3n) is 3.52. The van der Waals surface area contributed by atoms with E-state index in [4.69, 9.17) is 16.3 Å². The topological polar surface area (TPSA) is 32.7 Å². The lowest BCUT2D eigenvalue weighted by molar-refractivity contribution is -0.137. The molecule has 25 heavy (non-hydrogen) atoms. The molecule has 0 saturated heterocycles. The SMILES string of the molecule is CN(Cc1ccc(C(F)(F)F)cc1)CC(O)COc1ccccc1Cl. The number of aliphatic hydroxyl groups excluding tert-OH is 1. The normalized spacial score (nSPS) is 13.1. The molecule has 2 aromatic carbocycles. The van der Waals surface area contributed by atoms with Crippen molar-refractivity contribution in [1.29, 1.82) is 0 Å². The van der Waals surface area contributed by atoms with Gasteiger partial charge < -0.3 is 9.84 Å². The zero-order valence-corrected chi connectivity index (χ0v) is 14.4. The summed E-state index contributed by atoms with van der Waals surface area (Å²) in [5.74, 6) is 0.494. The van der Waals surface area contributed by atoms with Crippen LogP contribution >= 0.6 is 11.6 Å². The van der Waals surface area contributed by atoms with E-state index in [-0.39, 0.29) is 6.61 Å². The van der Waals surface area contributed by atoms with Gasteiger partial charge in [0.1, 0.15) is 18.5 Å². The molecule has 0 heterocycles. The molecule has 3 nitrogen and oxygen atoms in total. The molecular formula is C18H19ClF3NO2. The highest BCUT2D eigenvalue weighted by atomic mass is 35.5. The minimum Gasteiger partial charge on any atom is -0.489 e. The fraction of sp³-hybridized carbons (Fsp3) is 0.333. The zero-order valence-electron chi connectivity index (χ0n) is 13.6. The van der Waals surface area contributed by atoms with Crippen molar-refractivity contribution in [1.82, 2.24) is 4.90 Å². The van der Waals surface area contributed by atoms with Gasteiger partial charge in [0.25, 0.3) is 0 Å².